The SMILES string of the molecule is CC(=O)c1nc(-c2csc3ccccc23)cs1. The lowest BCUT2D eigenvalue weighted by Gasteiger charge is -1.93. The van der Waals surface area contributed by atoms with E-state index >= 15 is 0 Å². The number of Topliss-reactive ketones (excluding diaryl/α,β-unsaturated/α-hetero) is 1. The molecule has 0 aliphatic heterocycles. The molecule has 0 aliphatic carbocycles. The molecule has 0 bridgehead atoms. The normalized spacial score (nSPS) is 10.9. The number of ketones is 1. The van der Waals surface area contributed by atoms with Crippen LogP contribution < -0.4 is 0 Å². The van der Waals surface area contributed by atoms with E-state index in [0.29, 0.717) is 5.01 Å². The van der Waals surface area contributed by atoms with Gasteiger partial charge < -0.3 is 0 Å². The summed E-state index contributed by atoms with van der Waals surface area (Å²) in [5, 5.41) is 5.84. The van der Waals surface area contributed by atoms with Gasteiger partial charge in [0.1, 0.15) is 0 Å². The first kappa shape index (κ1) is 10.6. The monoisotopic (exact) mass is 259 g/mol. The number of nitrogens with zero attached hydrogens (tertiary/aromatic N) is 1. The van der Waals surface area contributed by atoms with Crippen LogP contribution in [0.3, 0.4) is 0 Å². The number of carbonyl (C=O) groups is 1. The highest BCUT2D eigenvalue weighted by atomic mass is 32.1. The first-order chi connectivity index (χ1) is 8.25. The molecule has 2 nitrogen and oxygen atoms in total. The lowest BCUT2D eigenvalue weighted by Crippen LogP contribution is -1.89. The quantitative estimate of drug-likeness (QED) is 0.645. The zero-order chi connectivity index (χ0) is 11.8. The maximum Gasteiger partial charge on any atom is 0.188 e. The Morgan fingerprint density at radius 1 is 1.18 bits per heavy atom. The van der Waals surface area contributed by atoms with Gasteiger partial charge in [0.05, 0.1) is 5.69 Å². The van der Waals surface area contributed by atoms with Crippen LogP contribution in [0, 0.1) is 0 Å². The Kier molecular flexibility index (Phi) is 2.53. The lowest BCUT2D eigenvalue weighted by atomic mass is 10.1. The van der Waals surface area contributed by atoms with E-state index in [0.717, 1.165) is 11.3 Å². The average Bonchev–Trinajstić information content (AvgIpc) is 2.95. The zero-order valence-corrected chi connectivity index (χ0v) is 10.8. The minimum Gasteiger partial charge on any atom is -0.292 e. The summed E-state index contributed by atoms with van der Waals surface area (Å²) in [6, 6.07) is 8.25. The number of hydrogen-bond acceptors (Lipinski definition) is 4. The molecule has 0 fully saturated rings. The number of benzene rings is 1. The van der Waals surface area contributed by atoms with Gasteiger partial charge in [-0.05, 0) is 6.07 Å². The predicted octanol–water partition coefficient (Wildman–Crippen LogP) is 4.23. The van der Waals surface area contributed by atoms with E-state index in [1.54, 1.807) is 18.3 Å². The summed E-state index contributed by atoms with van der Waals surface area (Å²) in [5.41, 5.74) is 2.02. The highest BCUT2D eigenvalue weighted by Gasteiger charge is 2.11. The maximum atomic E-state index is 11.2. The van der Waals surface area contributed by atoms with E-state index in [2.05, 4.69) is 22.5 Å². The molecule has 2 heterocycles. The van der Waals surface area contributed by atoms with Crippen LogP contribution >= 0.6 is 22.7 Å². The number of carbonyl (C=O) groups excluding carboxylic acids is 1. The molecule has 2 aromatic heterocycles. The molecule has 17 heavy (non-hydrogen) atoms. The van der Waals surface area contributed by atoms with Crippen molar-refractivity contribution < 1.29 is 4.79 Å². The van der Waals surface area contributed by atoms with Crippen LogP contribution in [-0.2, 0) is 0 Å². The molecular formula is C13H9NOS2. The van der Waals surface area contributed by atoms with Gasteiger partial charge in [-0.3, -0.25) is 4.79 Å². The number of thiazole rings is 1. The van der Waals surface area contributed by atoms with Crippen LogP contribution in [0.25, 0.3) is 21.3 Å². The molecule has 1 aromatic carbocycles. The Bertz CT molecular complexity index is 696. The van der Waals surface area contributed by atoms with Crippen LogP contribution in [0.2, 0.25) is 0 Å². The summed E-state index contributed by atoms with van der Waals surface area (Å²) in [6.45, 7) is 1.55. The maximum absolute atomic E-state index is 11.2. The van der Waals surface area contributed by atoms with E-state index < -0.39 is 0 Å². The van der Waals surface area contributed by atoms with Gasteiger partial charge in [-0.15, -0.1) is 22.7 Å². The lowest BCUT2D eigenvalue weighted by molar-refractivity contribution is 0.101. The van der Waals surface area contributed by atoms with Crippen molar-refractivity contribution in [2.24, 2.45) is 0 Å². The van der Waals surface area contributed by atoms with Crippen LogP contribution in [0.5, 0.6) is 0 Å². The van der Waals surface area contributed by atoms with E-state index in [-0.39, 0.29) is 5.78 Å². The number of aromatic nitrogens is 1. The highest BCUT2D eigenvalue weighted by Crippen LogP contribution is 2.34. The Hall–Kier alpha value is -1.52. The van der Waals surface area contributed by atoms with Gasteiger partial charge >= 0.3 is 0 Å². The van der Waals surface area contributed by atoms with Crippen molar-refractivity contribution in [1.82, 2.24) is 4.98 Å². The van der Waals surface area contributed by atoms with Crippen molar-refractivity contribution in [2.75, 3.05) is 0 Å². The average molecular weight is 259 g/mol. The van der Waals surface area contributed by atoms with Crippen molar-refractivity contribution in [1.29, 1.82) is 0 Å². The topological polar surface area (TPSA) is 30.0 Å². The summed E-state index contributed by atoms with van der Waals surface area (Å²) in [5.74, 6) is 0.0285. The molecule has 0 unspecified atom stereocenters. The van der Waals surface area contributed by atoms with E-state index in [9.17, 15) is 4.79 Å². The smallest absolute Gasteiger partial charge is 0.188 e. The molecule has 3 aromatic rings. The van der Waals surface area contributed by atoms with Crippen LogP contribution in [0.15, 0.2) is 35.0 Å². The van der Waals surface area contributed by atoms with E-state index in [4.69, 9.17) is 0 Å². The minimum atomic E-state index is 0.0285. The Morgan fingerprint density at radius 3 is 2.76 bits per heavy atom. The van der Waals surface area contributed by atoms with E-state index in [1.165, 1.54) is 21.4 Å². The summed E-state index contributed by atoms with van der Waals surface area (Å²) >= 11 is 3.11. The molecule has 3 rings (SSSR count). The fourth-order valence-corrected chi connectivity index (χ4v) is 3.41. The largest absolute Gasteiger partial charge is 0.292 e. The van der Waals surface area contributed by atoms with Gasteiger partial charge in [-0.25, -0.2) is 4.98 Å². The predicted molar refractivity (Wildman–Crippen MR) is 72.9 cm³/mol. The van der Waals surface area contributed by atoms with Gasteiger partial charge in [0.2, 0.25) is 0 Å². The number of rotatable bonds is 2. The molecule has 4 heteroatoms. The van der Waals surface area contributed by atoms with Crippen molar-refractivity contribution in [3.05, 3.63) is 40.0 Å². The minimum absolute atomic E-state index is 0.0285. The molecule has 0 N–H and O–H groups in total. The molecule has 0 radical (unpaired) electrons. The zero-order valence-electron chi connectivity index (χ0n) is 9.14. The van der Waals surface area contributed by atoms with Crippen LogP contribution in [0.4, 0.5) is 0 Å². The third kappa shape index (κ3) is 1.79. The van der Waals surface area contributed by atoms with Crippen LogP contribution in [-0.4, -0.2) is 10.8 Å². The molecule has 0 amide bonds. The molecule has 0 saturated heterocycles. The van der Waals surface area contributed by atoms with Crippen molar-refractivity contribution in [3.8, 4) is 11.3 Å². The summed E-state index contributed by atoms with van der Waals surface area (Å²) in [4.78, 5) is 15.6. The third-order valence-corrected chi connectivity index (χ3v) is 4.47. The molecular weight excluding hydrogens is 250 g/mol. The fraction of sp³-hybridized carbons (Fsp3) is 0.0769. The first-order valence-electron chi connectivity index (χ1n) is 5.19. The molecule has 0 saturated carbocycles. The van der Waals surface area contributed by atoms with Crippen molar-refractivity contribution in [2.45, 2.75) is 6.92 Å². The summed E-state index contributed by atoms with van der Waals surface area (Å²) in [6.07, 6.45) is 0. The molecule has 0 aliphatic rings. The number of fused-ring (bicyclic) bond motifs is 1. The molecule has 0 spiro atoms. The molecule has 84 valence electrons. The van der Waals surface area contributed by atoms with Crippen molar-refractivity contribution in [3.63, 3.8) is 0 Å². The highest BCUT2D eigenvalue weighted by molar-refractivity contribution is 7.17. The number of thiophene rings is 1. The van der Waals surface area contributed by atoms with Gasteiger partial charge in [-0.2, -0.15) is 0 Å². The Balaban J connectivity index is 2.17. The van der Waals surface area contributed by atoms with Gasteiger partial charge in [0.15, 0.2) is 10.8 Å². The van der Waals surface area contributed by atoms with Crippen LogP contribution in [0.1, 0.15) is 16.7 Å². The van der Waals surface area contributed by atoms with Gasteiger partial charge in [0, 0.05) is 33.3 Å². The van der Waals surface area contributed by atoms with Gasteiger partial charge in [-0.1, -0.05) is 18.2 Å². The summed E-state index contributed by atoms with van der Waals surface area (Å²) < 4.78 is 1.25. The second kappa shape index (κ2) is 4.05. The number of hydrogen-bond donors (Lipinski definition) is 0. The Morgan fingerprint density at radius 2 is 2.00 bits per heavy atom. The van der Waals surface area contributed by atoms with Crippen molar-refractivity contribution >= 4 is 38.5 Å². The standard InChI is InChI=1S/C13H9NOS2/c1-8(15)13-14-11(7-17-13)10-6-16-12-5-3-2-4-9(10)12/h2-7H,1H3. The second-order valence-corrected chi connectivity index (χ2v) is 5.51. The summed E-state index contributed by atoms with van der Waals surface area (Å²) in [7, 11) is 0. The fourth-order valence-electron chi connectivity index (χ4n) is 1.74. The van der Waals surface area contributed by atoms with Gasteiger partial charge in [0.25, 0.3) is 0 Å². The molecule has 0 atom stereocenters. The third-order valence-electron chi connectivity index (χ3n) is 2.56. The van der Waals surface area contributed by atoms with E-state index in [1.807, 2.05) is 17.5 Å². The first-order valence-corrected chi connectivity index (χ1v) is 6.94. The Labute approximate surface area is 107 Å². The second-order valence-electron chi connectivity index (χ2n) is 3.74.